The normalized spacial score (nSPS) is 14.3. The lowest BCUT2D eigenvalue weighted by Crippen LogP contribution is -2.25. The summed E-state index contributed by atoms with van der Waals surface area (Å²) in [6.07, 6.45) is -3.69. The Hall–Kier alpha value is -2.66. The van der Waals surface area contributed by atoms with Gasteiger partial charge >= 0.3 is 6.29 Å². The van der Waals surface area contributed by atoms with Crippen molar-refractivity contribution in [3.63, 3.8) is 0 Å². The third-order valence-corrected chi connectivity index (χ3v) is 5.14. The van der Waals surface area contributed by atoms with Crippen LogP contribution in [0.4, 0.5) is 14.5 Å². The summed E-state index contributed by atoms with van der Waals surface area (Å²) in [5.74, 6) is 0.926. The molecular weight excluding hydrogens is 400 g/mol. The van der Waals surface area contributed by atoms with Crippen LogP contribution in [0.15, 0.2) is 40.2 Å². The fraction of sp³-hybridized carbons (Fsp3) is 0.188. The minimum atomic E-state index is -3.69. The number of nitrogens with one attached hydrogen (secondary N) is 1. The van der Waals surface area contributed by atoms with Crippen LogP contribution in [0.5, 0.6) is 11.5 Å². The maximum atomic E-state index is 13.0. The van der Waals surface area contributed by atoms with Gasteiger partial charge in [-0.15, -0.1) is 31.9 Å². The quantitative estimate of drug-likeness (QED) is 0.656. The lowest BCUT2D eigenvalue weighted by atomic mass is 10.3. The minimum Gasteiger partial charge on any atom is -0.395 e. The summed E-state index contributed by atoms with van der Waals surface area (Å²) < 4.78 is 39.8. The van der Waals surface area contributed by atoms with Crippen molar-refractivity contribution in [1.29, 1.82) is 0 Å². The molecule has 0 atom stereocenters. The molecule has 0 aliphatic carbocycles. The number of fused-ring (bicyclic) bond motifs is 1. The van der Waals surface area contributed by atoms with E-state index >= 15 is 0 Å². The van der Waals surface area contributed by atoms with Crippen LogP contribution in [0, 0.1) is 0 Å². The summed E-state index contributed by atoms with van der Waals surface area (Å²) >= 11 is 2.79. The fourth-order valence-electron chi connectivity index (χ4n) is 2.27. The van der Waals surface area contributed by atoms with Gasteiger partial charge in [-0.05, 0) is 23.6 Å². The van der Waals surface area contributed by atoms with Crippen molar-refractivity contribution in [2.75, 3.05) is 11.1 Å². The molecule has 1 amide bonds. The summed E-state index contributed by atoms with van der Waals surface area (Å²) in [5, 5.41) is 8.42. The number of nitrogens with zero attached hydrogens (tertiary/aromatic N) is 2. The predicted octanol–water partition coefficient (Wildman–Crippen LogP) is 3.99. The maximum absolute atomic E-state index is 13.0. The van der Waals surface area contributed by atoms with Gasteiger partial charge in [0, 0.05) is 11.8 Å². The molecule has 7 nitrogen and oxygen atoms in total. The number of carbonyl (C=O) groups is 1. The van der Waals surface area contributed by atoms with Gasteiger partial charge in [0.2, 0.25) is 17.6 Å². The van der Waals surface area contributed by atoms with Crippen LogP contribution in [0.25, 0.3) is 10.7 Å². The van der Waals surface area contributed by atoms with E-state index in [1.807, 2.05) is 17.5 Å². The lowest BCUT2D eigenvalue weighted by molar-refractivity contribution is -0.286. The standard InChI is InChI=1S/C16H11F2N3O4S2/c17-16(18)23-10-4-3-9(6-11(10)24-16)19-13(22)7-26-8-14-20-15(21-25-14)12-2-1-5-27-12/h1-6H,7-8H2,(H,19,22). The smallest absolute Gasteiger partial charge is 0.395 e. The molecular formula is C16H11F2N3O4S2. The molecule has 1 aromatic carbocycles. The maximum Gasteiger partial charge on any atom is 0.586 e. The second-order valence-corrected chi connectivity index (χ2v) is 7.29. The number of aromatic nitrogens is 2. The molecule has 0 saturated carbocycles. The van der Waals surface area contributed by atoms with Crippen LogP contribution in [0.3, 0.4) is 0 Å². The predicted molar refractivity (Wildman–Crippen MR) is 95.0 cm³/mol. The highest BCUT2D eigenvalue weighted by molar-refractivity contribution is 7.99. The number of anilines is 1. The van der Waals surface area contributed by atoms with Gasteiger partial charge in [-0.1, -0.05) is 11.2 Å². The fourth-order valence-corrected chi connectivity index (χ4v) is 3.57. The molecule has 4 rings (SSSR count). The number of amides is 1. The van der Waals surface area contributed by atoms with Crippen molar-refractivity contribution in [3.8, 4) is 22.2 Å². The van der Waals surface area contributed by atoms with Crippen LogP contribution in [-0.4, -0.2) is 28.1 Å². The lowest BCUT2D eigenvalue weighted by Gasteiger charge is -2.05. The van der Waals surface area contributed by atoms with Crippen LogP contribution < -0.4 is 14.8 Å². The molecule has 0 saturated heterocycles. The van der Waals surface area contributed by atoms with E-state index in [-0.39, 0.29) is 23.2 Å². The van der Waals surface area contributed by atoms with Crippen molar-refractivity contribution in [2.45, 2.75) is 12.0 Å². The first-order valence-corrected chi connectivity index (χ1v) is 9.66. The van der Waals surface area contributed by atoms with Crippen molar-refractivity contribution in [1.82, 2.24) is 10.1 Å². The van der Waals surface area contributed by atoms with Crippen LogP contribution in [0.1, 0.15) is 5.89 Å². The Bertz CT molecular complexity index is 962. The monoisotopic (exact) mass is 411 g/mol. The number of alkyl halides is 2. The highest BCUT2D eigenvalue weighted by Gasteiger charge is 2.43. The first-order chi connectivity index (χ1) is 13.0. The van der Waals surface area contributed by atoms with Gasteiger partial charge < -0.3 is 19.3 Å². The molecule has 0 unspecified atom stereocenters. The average molecular weight is 411 g/mol. The summed E-state index contributed by atoms with van der Waals surface area (Å²) in [5.41, 5.74) is 0.332. The third kappa shape index (κ3) is 4.19. The zero-order valence-corrected chi connectivity index (χ0v) is 15.1. The molecule has 0 spiro atoms. The Labute approximate surface area is 159 Å². The van der Waals surface area contributed by atoms with Crippen molar-refractivity contribution < 1.29 is 27.6 Å². The number of hydrogen-bond acceptors (Lipinski definition) is 8. The molecule has 27 heavy (non-hydrogen) atoms. The minimum absolute atomic E-state index is 0.0784. The Kier molecular flexibility index (Phi) is 4.70. The van der Waals surface area contributed by atoms with Gasteiger partial charge in [-0.3, -0.25) is 4.79 Å². The Morgan fingerprint density at radius 1 is 1.26 bits per heavy atom. The zero-order valence-electron chi connectivity index (χ0n) is 13.5. The summed E-state index contributed by atoms with van der Waals surface area (Å²) in [6.45, 7) is 0. The van der Waals surface area contributed by atoms with E-state index in [2.05, 4.69) is 24.9 Å². The SMILES string of the molecule is O=C(CSCc1nc(-c2cccs2)no1)Nc1ccc2c(c1)OC(F)(F)O2. The van der Waals surface area contributed by atoms with Gasteiger partial charge in [-0.2, -0.15) is 4.98 Å². The van der Waals surface area contributed by atoms with Crippen LogP contribution in [0.2, 0.25) is 0 Å². The van der Waals surface area contributed by atoms with E-state index < -0.39 is 6.29 Å². The number of hydrogen-bond donors (Lipinski definition) is 1. The highest BCUT2D eigenvalue weighted by Crippen LogP contribution is 2.42. The molecule has 0 bridgehead atoms. The topological polar surface area (TPSA) is 86.5 Å². The van der Waals surface area contributed by atoms with Gasteiger partial charge in [-0.25, -0.2) is 0 Å². The van der Waals surface area contributed by atoms with Crippen molar-refractivity contribution in [2.24, 2.45) is 0 Å². The number of rotatable bonds is 6. The summed E-state index contributed by atoms with van der Waals surface area (Å²) in [6, 6.07) is 7.83. The third-order valence-electron chi connectivity index (χ3n) is 3.35. The van der Waals surface area contributed by atoms with Crippen LogP contribution >= 0.6 is 23.1 Å². The molecule has 1 N–H and O–H groups in total. The molecule has 1 aliphatic heterocycles. The average Bonchev–Trinajstić information content (AvgIpc) is 3.32. The molecule has 140 valence electrons. The molecule has 1 aliphatic rings. The molecule has 11 heteroatoms. The number of thiophene rings is 1. The van der Waals surface area contributed by atoms with Gasteiger partial charge in [0.15, 0.2) is 11.5 Å². The molecule has 0 radical (unpaired) electrons. The number of ether oxygens (including phenoxy) is 2. The van der Waals surface area contributed by atoms with Crippen molar-refractivity contribution in [3.05, 3.63) is 41.6 Å². The summed E-state index contributed by atoms with van der Waals surface area (Å²) in [7, 11) is 0. The first-order valence-electron chi connectivity index (χ1n) is 7.62. The Morgan fingerprint density at radius 2 is 2.11 bits per heavy atom. The molecule has 3 aromatic rings. The first kappa shape index (κ1) is 17.7. The number of carbonyl (C=O) groups excluding carboxylic acids is 1. The molecule has 2 aromatic heterocycles. The van der Waals surface area contributed by atoms with E-state index in [9.17, 15) is 13.6 Å². The van der Waals surface area contributed by atoms with Gasteiger partial charge in [0.25, 0.3) is 0 Å². The largest absolute Gasteiger partial charge is 0.586 e. The Balaban J connectivity index is 1.27. The van der Waals surface area contributed by atoms with Gasteiger partial charge in [0.1, 0.15) is 0 Å². The van der Waals surface area contributed by atoms with E-state index in [0.29, 0.717) is 23.2 Å². The number of thioether (sulfide) groups is 1. The molecule has 0 fully saturated rings. The second-order valence-electron chi connectivity index (χ2n) is 5.36. The van der Waals surface area contributed by atoms with E-state index in [0.717, 1.165) is 4.88 Å². The summed E-state index contributed by atoms with van der Waals surface area (Å²) in [4.78, 5) is 17.2. The van der Waals surface area contributed by atoms with Crippen molar-refractivity contribution >= 4 is 34.7 Å². The van der Waals surface area contributed by atoms with Gasteiger partial charge in [0.05, 0.1) is 16.4 Å². The highest BCUT2D eigenvalue weighted by atomic mass is 32.2. The zero-order chi connectivity index (χ0) is 18.9. The Morgan fingerprint density at radius 3 is 2.93 bits per heavy atom. The number of benzene rings is 1. The van der Waals surface area contributed by atoms with E-state index in [1.54, 1.807) is 0 Å². The second kappa shape index (κ2) is 7.16. The van der Waals surface area contributed by atoms with E-state index in [1.165, 1.54) is 41.3 Å². The number of halogens is 2. The van der Waals surface area contributed by atoms with E-state index in [4.69, 9.17) is 4.52 Å². The van der Waals surface area contributed by atoms with Crippen LogP contribution in [-0.2, 0) is 10.5 Å². The molecule has 3 heterocycles.